The molecular formula is C20H23ClN2O3. The summed E-state index contributed by atoms with van der Waals surface area (Å²) in [6, 6.07) is 14.1. The maximum Gasteiger partial charge on any atom is 0.265 e. The number of amides is 2. The number of ether oxygens (including phenoxy) is 1. The third-order valence-electron chi connectivity index (χ3n) is 3.53. The van der Waals surface area contributed by atoms with E-state index in [1.807, 2.05) is 26.0 Å². The number of benzene rings is 2. The summed E-state index contributed by atoms with van der Waals surface area (Å²) in [5.41, 5.74) is 1.53. The normalized spacial score (nSPS) is 11.7. The zero-order chi connectivity index (χ0) is 19.1. The summed E-state index contributed by atoms with van der Waals surface area (Å²) in [4.78, 5) is 24.0. The Bertz CT molecular complexity index is 743. The number of nitrogens with one attached hydrogen (secondary N) is 2. The SMILES string of the molecule is CC(C)NC(=O)Cc1ccc(NC(=O)C(C)Oc2ccc(Cl)cc2)cc1. The molecule has 0 spiro atoms. The molecule has 6 heteroatoms. The molecule has 0 bridgehead atoms. The number of anilines is 1. The van der Waals surface area contributed by atoms with E-state index in [2.05, 4.69) is 10.6 Å². The minimum atomic E-state index is -0.660. The maximum absolute atomic E-state index is 12.2. The highest BCUT2D eigenvalue weighted by Crippen LogP contribution is 2.17. The van der Waals surface area contributed by atoms with Crippen LogP contribution in [0.4, 0.5) is 5.69 Å². The van der Waals surface area contributed by atoms with Crippen LogP contribution < -0.4 is 15.4 Å². The third-order valence-corrected chi connectivity index (χ3v) is 3.78. The lowest BCUT2D eigenvalue weighted by Gasteiger charge is -2.15. The molecule has 1 unspecified atom stereocenters. The lowest BCUT2D eigenvalue weighted by molar-refractivity contribution is -0.122. The van der Waals surface area contributed by atoms with Gasteiger partial charge in [0.05, 0.1) is 6.42 Å². The molecular weight excluding hydrogens is 352 g/mol. The van der Waals surface area contributed by atoms with E-state index in [1.54, 1.807) is 43.3 Å². The van der Waals surface area contributed by atoms with Gasteiger partial charge in [-0.1, -0.05) is 23.7 Å². The molecule has 0 aliphatic heterocycles. The fraction of sp³-hybridized carbons (Fsp3) is 0.300. The third kappa shape index (κ3) is 6.41. The van der Waals surface area contributed by atoms with Crippen LogP contribution in [0, 0.1) is 0 Å². The Morgan fingerprint density at radius 2 is 1.62 bits per heavy atom. The number of hydrogen-bond acceptors (Lipinski definition) is 3. The van der Waals surface area contributed by atoms with Gasteiger partial charge in [0.15, 0.2) is 6.10 Å². The molecule has 0 fully saturated rings. The molecule has 2 rings (SSSR count). The molecule has 1 atom stereocenters. The average molecular weight is 375 g/mol. The van der Waals surface area contributed by atoms with Gasteiger partial charge >= 0.3 is 0 Å². The summed E-state index contributed by atoms with van der Waals surface area (Å²) in [5, 5.41) is 6.25. The van der Waals surface area contributed by atoms with Crippen molar-refractivity contribution in [2.75, 3.05) is 5.32 Å². The molecule has 2 amide bonds. The van der Waals surface area contributed by atoms with E-state index < -0.39 is 6.10 Å². The summed E-state index contributed by atoms with van der Waals surface area (Å²) in [5.74, 6) is 0.288. The zero-order valence-corrected chi connectivity index (χ0v) is 15.8. The first-order chi connectivity index (χ1) is 12.3. The van der Waals surface area contributed by atoms with Crippen LogP contribution in [0.5, 0.6) is 5.75 Å². The van der Waals surface area contributed by atoms with Gasteiger partial charge < -0.3 is 15.4 Å². The minimum absolute atomic E-state index is 0.0261. The van der Waals surface area contributed by atoms with Crippen molar-refractivity contribution >= 4 is 29.1 Å². The molecule has 0 saturated heterocycles. The summed E-state index contributed by atoms with van der Waals surface area (Å²) in [6.45, 7) is 5.52. The molecule has 2 N–H and O–H groups in total. The van der Waals surface area contributed by atoms with Crippen molar-refractivity contribution in [2.45, 2.75) is 39.3 Å². The predicted molar refractivity (Wildman–Crippen MR) is 104 cm³/mol. The van der Waals surface area contributed by atoms with Gasteiger partial charge in [0, 0.05) is 16.8 Å². The highest BCUT2D eigenvalue weighted by molar-refractivity contribution is 6.30. The molecule has 0 saturated carbocycles. The molecule has 5 nitrogen and oxygen atoms in total. The van der Waals surface area contributed by atoms with Gasteiger partial charge in [-0.05, 0) is 62.7 Å². The molecule has 138 valence electrons. The van der Waals surface area contributed by atoms with Crippen LogP contribution >= 0.6 is 11.6 Å². The van der Waals surface area contributed by atoms with Crippen molar-refractivity contribution in [2.24, 2.45) is 0 Å². The fourth-order valence-corrected chi connectivity index (χ4v) is 2.41. The van der Waals surface area contributed by atoms with Crippen LogP contribution in [0.15, 0.2) is 48.5 Å². The zero-order valence-electron chi connectivity index (χ0n) is 15.1. The molecule has 2 aromatic rings. The van der Waals surface area contributed by atoms with Crippen LogP contribution in [-0.2, 0) is 16.0 Å². The highest BCUT2D eigenvalue weighted by Gasteiger charge is 2.15. The topological polar surface area (TPSA) is 67.4 Å². The number of carbonyl (C=O) groups excluding carboxylic acids is 2. The van der Waals surface area contributed by atoms with Crippen LogP contribution in [0.1, 0.15) is 26.3 Å². The average Bonchev–Trinajstić information content (AvgIpc) is 2.58. The fourth-order valence-electron chi connectivity index (χ4n) is 2.28. The van der Waals surface area contributed by atoms with Gasteiger partial charge in [0.2, 0.25) is 5.91 Å². The lowest BCUT2D eigenvalue weighted by Crippen LogP contribution is -2.31. The van der Waals surface area contributed by atoms with E-state index in [1.165, 1.54) is 0 Å². The Kier molecular flexibility index (Phi) is 7.04. The predicted octanol–water partition coefficient (Wildman–Crippen LogP) is 3.81. The van der Waals surface area contributed by atoms with Gasteiger partial charge in [-0.3, -0.25) is 9.59 Å². The number of halogens is 1. The number of carbonyl (C=O) groups is 2. The van der Waals surface area contributed by atoms with Gasteiger partial charge in [-0.2, -0.15) is 0 Å². The first-order valence-corrected chi connectivity index (χ1v) is 8.82. The molecule has 0 aliphatic rings. The van der Waals surface area contributed by atoms with Crippen LogP contribution in [0.2, 0.25) is 5.02 Å². The van der Waals surface area contributed by atoms with Crippen LogP contribution in [-0.4, -0.2) is 24.0 Å². The van der Waals surface area contributed by atoms with Crippen molar-refractivity contribution in [3.63, 3.8) is 0 Å². The largest absolute Gasteiger partial charge is 0.481 e. The van der Waals surface area contributed by atoms with Crippen LogP contribution in [0.3, 0.4) is 0 Å². The van der Waals surface area contributed by atoms with Crippen molar-refractivity contribution < 1.29 is 14.3 Å². The monoisotopic (exact) mass is 374 g/mol. The number of hydrogen-bond donors (Lipinski definition) is 2. The molecule has 0 aliphatic carbocycles. The van der Waals surface area contributed by atoms with Gasteiger partial charge in [0.25, 0.3) is 5.91 Å². The summed E-state index contributed by atoms with van der Waals surface area (Å²) in [7, 11) is 0. The quantitative estimate of drug-likeness (QED) is 0.774. The first-order valence-electron chi connectivity index (χ1n) is 8.45. The van der Waals surface area contributed by atoms with E-state index in [-0.39, 0.29) is 17.9 Å². The smallest absolute Gasteiger partial charge is 0.265 e. The second kappa shape index (κ2) is 9.25. The van der Waals surface area contributed by atoms with Crippen molar-refractivity contribution in [1.29, 1.82) is 0 Å². The molecule has 26 heavy (non-hydrogen) atoms. The summed E-state index contributed by atoms with van der Waals surface area (Å²) >= 11 is 5.83. The minimum Gasteiger partial charge on any atom is -0.481 e. The van der Waals surface area contributed by atoms with E-state index in [4.69, 9.17) is 16.3 Å². The molecule has 0 radical (unpaired) electrons. The van der Waals surface area contributed by atoms with Gasteiger partial charge in [-0.15, -0.1) is 0 Å². The second-order valence-corrected chi connectivity index (χ2v) is 6.74. The van der Waals surface area contributed by atoms with E-state index in [0.29, 0.717) is 22.9 Å². The Morgan fingerprint density at radius 1 is 1.00 bits per heavy atom. The van der Waals surface area contributed by atoms with Gasteiger partial charge in [-0.25, -0.2) is 0 Å². The molecule has 0 aromatic heterocycles. The Balaban J connectivity index is 1.88. The van der Waals surface area contributed by atoms with E-state index in [9.17, 15) is 9.59 Å². The highest BCUT2D eigenvalue weighted by atomic mass is 35.5. The first kappa shape index (κ1) is 19.8. The second-order valence-electron chi connectivity index (χ2n) is 6.30. The maximum atomic E-state index is 12.2. The van der Waals surface area contributed by atoms with Crippen molar-refractivity contribution in [1.82, 2.24) is 5.32 Å². The van der Waals surface area contributed by atoms with Crippen molar-refractivity contribution in [3.05, 3.63) is 59.1 Å². The van der Waals surface area contributed by atoms with E-state index >= 15 is 0 Å². The van der Waals surface area contributed by atoms with E-state index in [0.717, 1.165) is 5.56 Å². The Morgan fingerprint density at radius 3 is 2.19 bits per heavy atom. The van der Waals surface area contributed by atoms with Gasteiger partial charge in [0.1, 0.15) is 5.75 Å². The Labute approximate surface area is 158 Å². The lowest BCUT2D eigenvalue weighted by atomic mass is 10.1. The van der Waals surface area contributed by atoms with Crippen molar-refractivity contribution in [3.8, 4) is 5.75 Å². The summed E-state index contributed by atoms with van der Waals surface area (Å²) < 4.78 is 5.59. The molecule has 0 heterocycles. The summed E-state index contributed by atoms with van der Waals surface area (Å²) in [6.07, 6.45) is -0.352. The molecule has 2 aromatic carbocycles. The number of rotatable bonds is 7. The standard InChI is InChI=1S/C20H23ClN2O3/c1-13(2)22-19(24)12-15-4-8-17(9-5-15)23-20(25)14(3)26-18-10-6-16(21)7-11-18/h4-11,13-14H,12H2,1-3H3,(H,22,24)(H,23,25). The van der Waals surface area contributed by atoms with Crippen LogP contribution in [0.25, 0.3) is 0 Å². The Hall–Kier alpha value is -2.53.